The number of phenols is 3. The van der Waals surface area contributed by atoms with Crippen molar-refractivity contribution in [3.8, 4) is 28.7 Å². The molecule has 168 valence electrons. The maximum Gasteiger partial charge on any atom is 0.347 e. The summed E-state index contributed by atoms with van der Waals surface area (Å²) in [5.41, 5.74) is 0.315. The minimum Gasteiger partial charge on any atom is -0.508 e. The van der Waals surface area contributed by atoms with Gasteiger partial charge in [-0.15, -0.1) is 0 Å². The molecule has 0 atom stereocenters. The van der Waals surface area contributed by atoms with Crippen LogP contribution in [0.15, 0.2) is 18.2 Å². The lowest BCUT2D eigenvalue weighted by molar-refractivity contribution is 0.0676. The van der Waals surface area contributed by atoms with Crippen molar-refractivity contribution in [2.75, 3.05) is 7.11 Å². The Labute approximate surface area is 180 Å². The smallest absolute Gasteiger partial charge is 0.347 e. The second-order valence-electron chi connectivity index (χ2n) is 7.19. The molecule has 0 aliphatic rings. The van der Waals surface area contributed by atoms with Gasteiger partial charge in [-0.1, -0.05) is 33.1 Å². The fourth-order valence-corrected chi connectivity index (χ4v) is 3.45. The number of aryl methyl sites for hydroxylation is 2. The minimum absolute atomic E-state index is 0.0184. The summed E-state index contributed by atoms with van der Waals surface area (Å²) >= 11 is 0. The van der Waals surface area contributed by atoms with E-state index < -0.39 is 34.8 Å². The van der Waals surface area contributed by atoms with Gasteiger partial charge in [0, 0.05) is 6.07 Å². The van der Waals surface area contributed by atoms with Gasteiger partial charge in [0.15, 0.2) is 11.5 Å². The van der Waals surface area contributed by atoms with Crippen molar-refractivity contribution >= 4 is 11.9 Å². The zero-order valence-electron chi connectivity index (χ0n) is 17.9. The number of methoxy groups -OCH3 is 1. The highest BCUT2D eigenvalue weighted by Gasteiger charge is 2.27. The van der Waals surface area contributed by atoms with Crippen molar-refractivity contribution in [3.05, 3.63) is 40.5 Å². The largest absolute Gasteiger partial charge is 0.508 e. The fraction of sp³-hybridized carbons (Fsp3) is 0.391. The molecule has 2 rings (SSSR count). The number of ether oxygens (including phenoxy) is 2. The zero-order valence-corrected chi connectivity index (χ0v) is 17.9. The highest BCUT2D eigenvalue weighted by molar-refractivity contribution is 5.98. The number of unbranched alkanes of at least 4 members (excludes halogenated alkanes) is 2. The van der Waals surface area contributed by atoms with Crippen LogP contribution in [-0.4, -0.2) is 39.5 Å². The van der Waals surface area contributed by atoms with Crippen LogP contribution in [0, 0.1) is 0 Å². The first kappa shape index (κ1) is 23.9. The lowest BCUT2D eigenvalue weighted by Crippen LogP contribution is -2.14. The van der Waals surface area contributed by atoms with Gasteiger partial charge in [0.05, 0.1) is 7.11 Å². The Morgan fingerprint density at radius 1 is 0.903 bits per heavy atom. The Balaban J connectivity index is 2.51. The van der Waals surface area contributed by atoms with Gasteiger partial charge in [0.2, 0.25) is 5.75 Å². The maximum atomic E-state index is 12.9. The Hall–Kier alpha value is -3.42. The summed E-state index contributed by atoms with van der Waals surface area (Å²) < 4.78 is 10.4. The molecular weight excluding hydrogens is 404 g/mol. The lowest BCUT2D eigenvalue weighted by Gasteiger charge is -2.16. The number of carboxylic acids is 1. The highest BCUT2D eigenvalue weighted by Crippen LogP contribution is 2.42. The number of phenolic OH excluding ortho intramolecular Hbond substituents is 2. The minimum atomic E-state index is -1.39. The molecule has 0 saturated heterocycles. The van der Waals surface area contributed by atoms with Crippen molar-refractivity contribution in [1.82, 2.24) is 0 Å². The van der Waals surface area contributed by atoms with Crippen LogP contribution >= 0.6 is 0 Å². The average molecular weight is 432 g/mol. The average Bonchev–Trinajstić information content (AvgIpc) is 2.70. The second-order valence-corrected chi connectivity index (χ2v) is 7.19. The Kier molecular flexibility index (Phi) is 8.13. The van der Waals surface area contributed by atoms with Gasteiger partial charge >= 0.3 is 11.9 Å². The van der Waals surface area contributed by atoms with E-state index in [4.69, 9.17) is 9.47 Å². The number of carbonyl (C=O) groups excluding carboxylic acids is 1. The van der Waals surface area contributed by atoms with E-state index in [1.54, 1.807) is 0 Å². The number of aromatic carboxylic acids is 1. The molecule has 2 aromatic rings. The molecule has 0 fully saturated rings. The van der Waals surface area contributed by atoms with E-state index in [0.29, 0.717) is 31.2 Å². The van der Waals surface area contributed by atoms with Crippen molar-refractivity contribution in [2.24, 2.45) is 0 Å². The van der Waals surface area contributed by atoms with Gasteiger partial charge < -0.3 is 29.9 Å². The number of hydrogen-bond acceptors (Lipinski definition) is 7. The van der Waals surface area contributed by atoms with E-state index in [9.17, 15) is 30.0 Å². The number of rotatable bonds is 10. The first-order valence-electron chi connectivity index (χ1n) is 10.2. The van der Waals surface area contributed by atoms with Crippen LogP contribution in [0.2, 0.25) is 0 Å². The monoisotopic (exact) mass is 432 g/mol. The molecular formula is C23H28O8. The first-order chi connectivity index (χ1) is 14.7. The summed E-state index contributed by atoms with van der Waals surface area (Å²) in [6.45, 7) is 3.89. The molecule has 0 aliphatic carbocycles. The van der Waals surface area contributed by atoms with Gasteiger partial charge in [-0.3, -0.25) is 0 Å². The lowest BCUT2D eigenvalue weighted by atomic mass is 9.99. The van der Waals surface area contributed by atoms with Gasteiger partial charge in [-0.05, 0) is 42.5 Å². The second kappa shape index (κ2) is 10.6. The molecule has 31 heavy (non-hydrogen) atoms. The van der Waals surface area contributed by atoms with Gasteiger partial charge in [0.25, 0.3) is 0 Å². The molecule has 4 N–H and O–H groups in total. The molecule has 2 aromatic carbocycles. The molecule has 0 aliphatic heterocycles. The van der Waals surface area contributed by atoms with E-state index in [2.05, 4.69) is 0 Å². The SMILES string of the molecule is CCCCCc1cc(O)c(OC(=O)c2c(CCC)cc(O)cc2OC)c(O)c1C(=O)O. The van der Waals surface area contributed by atoms with Gasteiger partial charge in [0.1, 0.15) is 22.6 Å². The third-order valence-corrected chi connectivity index (χ3v) is 4.89. The van der Waals surface area contributed by atoms with Crippen LogP contribution in [0.4, 0.5) is 0 Å². The third kappa shape index (κ3) is 5.39. The van der Waals surface area contributed by atoms with Crippen molar-refractivity contribution in [2.45, 2.75) is 52.4 Å². The summed E-state index contributed by atoms with van der Waals surface area (Å²) in [7, 11) is 1.32. The van der Waals surface area contributed by atoms with Crippen molar-refractivity contribution in [3.63, 3.8) is 0 Å². The molecule has 0 amide bonds. The Morgan fingerprint density at radius 2 is 1.58 bits per heavy atom. The number of esters is 1. The molecule has 0 bridgehead atoms. The summed E-state index contributed by atoms with van der Waals surface area (Å²) in [5, 5.41) is 40.3. The number of carboxylic acid groups (broad SMARTS) is 1. The molecule has 0 saturated carbocycles. The van der Waals surface area contributed by atoms with Gasteiger partial charge in [-0.25, -0.2) is 9.59 Å². The number of hydrogen-bond donors (Lipinski definition) is 4. The van der Waals surface area contributed by atoms with E-state index in [0.717, 1.165) is 12.8 Å². The number of benzene rings is 2. The van der Waals surface area contributed by atoms with Crippen molar-refractivity contribution in [1.29, 1.82) is 0 Å². The van der Waals surface area contributed by atoms with Crippen LogP contribution in [0.1, 0.15) is 71.4 Å². The normalized spacial score (nSPS) is 10.7. The van der Waals surface area contributed by atoms with E-state index in [1.807, 2.05) is 13.8 Å². The molecule has 0 unspecified atom stereocenters. The molecule has 0 heterocycles. The van der Waals surface area contributed by atoms with Gasteiger partial charge in [-0.2, -0.15) is 0 Å². The van der Waals surface area contributed by atoms with Crippen molar-refractivity contribution < 1.29 is 39.5 Å². The summed E-state index contributed by atoms with van der Waals surface area (Å²) in [6.07, 6.45) is 3.91. The topological polar surface area (TPSA) is 134 Å². The predicted molar refractivity (Wildman–Crippen MR) is 114 cm³/mol. The fourth-order valence-electron chi connectivity index (χ4n) is 3.45. The molecule has 0 spiro atoms. The molecule has 8 heteroatoms. The highest BCUT2D eigenvalue weighted by atomic mass is 16.5. The van der Waals surface area contributed by atoms with Crippen LogP contribution in [0.25, 0.3) is 0 Å². The maximum absolute atomic E-state index is 12.9. The Bertz CT molecular complexity index is 965. The van der Waals surface area contributed by atoms with E-state index >= 15 is 0 Å². The van der Waals surface area contributed by atoms with Crippen LogP contribution in [0.5, 0.6) is 28.7 Å². The van der Waals surface area contributed by atoms with Crippen LogP contribution in [0.3, 0.4) is 0 Å². The zero-order chi connectivity index (χ0) is 23.1. The van der Waals surface area contributed by atoms with E-state index in [1.165, 1.54) is 25.3 Å². The summed E-state index contributed by atoms with van der Waals surface area (Å²) in [5.74, 6) is -4.39. The number of aromatic hydroxyl groups is 3. The first-order valence-corrected chi connectivity index (χ1v) is 10.2. The van der Waals surface area contributed by atoms with Crippen LogP contribution in [-0.2, 0) is 12.8 Å². The molecule has 8 nitrogen and oxygen atoms in total. The molecule has 0 radical (unpaired) electrons. The third-order valence-electron chi connectivity index (χ3n) is 4.89. The molecule has 0 aromatic heterocycles. The number of carbonyl (C=O) groups is 2. The van der Waals surface area contributed by atoms with E-state index in [-0.39, 0.29) is 22.6 Å². The summed E-state index contributed by atoms with van der Waals surface area (Å²) in [4.78, 5) is 24.7. The standard InChI is InChI=1S/C23H28O8/c1-4-6-7-9-14-11-16(25)21(20(26)19(14)22(27)28)31-23(29)18-13(8-5-2)10-15(24)12-17(18)30-3/h10-12,24-26H,4-9H2,1-3H3,(H,27,28). The Morgan fingerprint density at radius 3 is 2.16 bits per heavy atom. The van der Waals surface area contributed by atoms with Crippen LogP contribution < -0.4 is 9.47 Å². The quantitative estimate of drug-likeness (QED) is 0.246. The predicted octanol–water partition coefficient (Wildman–Crippen LogP) is 4.41. The summed E-state index contributed by atoms with van der Waals surface area (Å²) in [6, 6.07) is 3.85.